The first-order chi connectivity index (χ1) is 13.2. The summed E-state index contributed by atoms with van der Waals surface area (Å²) in [4.78, 5) is 58.1. The molecule has 0 saturated carbocycles. The van der Waals surface area contributed by atoms with Gasteiger partial charge in [0.1, 0.15) is 12.1 Å². The van der Waals surface area contributed by atoms with Crippen LogP contribution >= 0.6 is 0 Å². The number of nitrogens with zero attached hydrogens (tertiary/aromatic N) is 1. The number of nitrogens with two attached hydrogens (primary N) is 1. The Morgan fingerprint density at radius 2 is 1.54 bits per heavy atom. The van der Waals surface area contributed by atoms with Crippen molar-refractivity contribution in [2.45, 2.75) is 32.4 Å². The van der Waals surface area contributed by atoms with Crippen LogP contribution < -0.4 is 16.4 Å². The maximum atomic E-state index is 11.8. The van der Waals surface area contributed by atoms with Gasteiger partial charge in [-0.2, -0.15) is 0 Å². The van der Waals surface area contributed by atoms with Crippen LogP contribution in [0.15, 0.2) is 12.2 Å². The summed E-state index contributed by atoms with van der Waals surface area (Å²) in [6.45, 7) is 3.91. The molecule has 11 heteroatoms. The van der Waals surface area contributed by atoms with Gasteiger partial charge in [-0.1, -0.05) is 0 Å². The van der Waals surface area contributed by atoms with Gasteiger partial charge in [-0.3, -0.25) is 28.9 Å². The molecule has 0 aromatic carbocycles. The van der Waals surface area contributed by atoms with Crippen LogP contribution in [0.25, 0.3) is 0 Å². The zero-order chi connectivity index (χ0) is 21.1. The topological polar surface area (TPSA) is 157 Å². The third-order valence-electron chi connectivity index (χ3n) is 3.76. The fourth-order valence-corrected chi connectivity index (χ4v) is 2.08. The van der Waals surface area contributed by atoms with E-state index in [0.717, 1.165) is 4.90 Å². The average molecular weight is 398 g/mol. The van der Waals surface area contributed by atoms with Crippen LogP contribution in [0.4, 0.5) is 0 Å². The lowest BCUT2D eigenvalue weighted by Gasteiger charge is -2.16. The number of hydrogen-bond donors (Lipinski definition) is 3. The van der Waals surface area contributed by atoms with Crippen molar-refractivity contribution in [1.82, 2.24) is 15.5 Å². The molecule has 2 atom stereocenters. The molecule has 0 aromatic heterocycles. The third-order valence-corrected chi connectivity index (χ3v) is 3.76. The second-order valence-electron chi connectivity index (χ2n) is 6.06. The van der Waals surface area contributed by atoms with Gasteiger partial charge in [0.25, 0.3) is 11.8 Å². The Balaban J connectivity index is 2.04. The zero-order valence-corrected chi connectivity index (χ0v) is 15.9. The van der Waals surface area contributed by atoms with Crippen molar-refractivity contribution in [3.8, 4) is 0 Å². The Labute approximate surface area is 162 Å². The second-order valence-corrected chi connectivity index (χ2v) is 6.06. The standard InChI is InChI=1S/C17H26N4O7/c1-11(16(18)25)20-17(26)12(2)19-13(22)5-7-27-9-10-28-8-6-21-14(23)3-4-15(21)24/h3-4,11-12H,5-10H2,1-2H3,(H2,18,25)(H,19,22)(H,20,26)/t11-,12-/m0/s1. The Hall–Kier alpha value is -2.79. The first kappa shape index (κ1) is 23.2. The van der Waals surface area contributed by atoms with Crippen molar-refractivity contribution in [2.24, 2.45) is 5.73 Å². The quantitative estimate of drug-likeness (QED) is 0.235. The monoisotopic (exact) mass is 398 g/mol. The number of primary amides is 1. The van der Waals surface area contributed by atoms with Crippen molar-refractivity contribution < 1.29 is 33.4 Å². The van der Waals surface area contributed by atoms with Gasteiger partial charge in [0.05, 0.1) is 33.0 Å². The lowest BCUT2D eigenvalue weighted by molar-refractivity contribution is -0.137. The van der Waals surface area contributed by atoms with E-state index in [0.29, 0.717) is 0 Å². The summed E-state index contributed by atoms with van der Waals surface area (Å²) in [7, 11) is 0. The van der Waals surface area contributed by atoms with Crippen LogP contribution in [0, 0.1) is 0 Å². The maximum Gasteiger partial charge on any atom is 0.253 e. The Morgan fingerprint density at radius 1 is 0.964 bits per heavy atom. The fourth-order valence-electron chi connectivity index (χ4n) is 2.08. The molecule has 0 bridgehead atoms. The SMILES string of the molecule is C[C@H](NC(=O)[C@H](C)NC(=O)CCOCCOCCN1C(=O)C=CC1=O)C(N)=O. The Bertz CT molecular complexity index is 617. The molecule has 0 aromatic rings. The molecule has 4 N–H and O–H groups in total. The molecule has 5 amide bonds. The van der Waals surface area contributed by atoms with Crippen molar-refractivity contribution in [3.63, 3.8) is 0 Å². The number of amides is 5. The molecule has 1 aliphatic heterocycles. The van der Waals surface area contributed by atoms with Crippen LogP contribution in [0.1, 0.15) is 20.3 Å². The normalized spacial score (nSPS) is 15.4. The minimum atomic E-state index is -0.826. The predicted octanol–water partition coefficient (Wildman–Crippen LogP) is -2.17. The van der Waals surface area contributed by atoms with Crippen LogP contribution in [0.2, 0.25) is 0 Å². The molecule has 0 saturated heterocycles. The van der Waals surface area contributed by atoms with Crippen molar-refractivity contribution in [3.05, 3.63) is 12.2 Å². The van der Waals surface area contributed by atoms with E-state index in [-0.39, 0.29) is 57.1 Å². The summed E-state index contributed by atoms with van der Waals surface area (Å²) in [5.41, 5.74) is 5.05. The van der Waals surface area contributed by atoms with Crippen molar-refractivity contribution >= 4 is 29.5 Å². The van der Waals surface area contributed by atoms with E-state index in [9.17, 15) is 24.0 Å². The van der Waals surface area contributed by atoms with Gasteiger partial charge in [0.2, 0.25) is 17.7 Å². The lowest BCUT2D eigenvalue weighted by Crippen LogP contribution is -2.50. The molecule has 0 fully saturated rings. The number of carbonyl (C=O) groups excluding carboxylic acids is 5. The van der Waals surface area contributed by atoms with Gasteiger partial charge >= 0.3 is 0 Å². The molecule has 11 nitrogen and oxygen atoms in total. The lowest BCUT2D eigenvalue weighted by atomic mass is 10.2. The first-order valence-electron chi connectivity index (χ1n) is 8.80. The number of rotatable bonds is 13. The molecule has 0 unspecified atom stereocenters. The fraction of sp³-hybridized carbons (Fsp3) is 0.588. The number of nitrogens with one attached hydrogen (secondary N) is 2. The number of hydrogen-bond acceptors (Lipinski definition) is 7. The highest BCUT2D eigenvalue weighted by atomic mass is 16.5. The van der Waals surface area contributed by atoms with Gasteiger partial charge in [0.15, 0.2) is 0 Å². The van der Waals surface area contributed by atoms with E-state index in [4.69, 9.17) is 15.2 Å². The molecule has 1 rings (SSSR count). The summed E-state index contributed by atoms with van der Waals surface area (Å²) in [6.07, 6.45) is 2.46. The van der Waals surface area contributed by atoms with E-state index in [1.165, 1.54) is 26.0 Å². The summed E-state index contributed by atoms with van der Waals surface area (Å²) >= 11 is 0. The smallest absolute Gasteiger partial charge is 0.253 e. The zero-order valence-electron chi connectivity index (χ0n) is 15.9. The molecule has 28 heavy (non-hydrogen) atoms. The summed E-state index contributed by atoms with van der Waals surface area (Å²) in [5.74, 6) is -2.28. The maximum absolute atomic E-state index is 11.8. The van der Waals surface area contributed by atoms with E-state index in [2.05, 4.69) is 10.6 Å². The van der Waals surface area contributed by atoms with Gasteiger partial charge in [-0.05, 0) is 13.8 Å². The van der Waals surface area contributed by atoms with E-state index in [1.54, 1.807) is 0 Å². The second kappa shape index (κ2) is 11.8. The number of carbonyl (C=O) groups is 5. The largest absolute Gasteiger partial charge is 0.379 e. The molecule has 0 spiro atoms. The molecular formula is C17H26N4O7. The first-order valence-corrected chi connectivity index (χ1v) is 8.80. The van der Waals surface area contributed by atoms with Crippen LogP contribution in [-0.4, -0.2) is 79.5 Å². The Morgan fingerprint density at radius 3 is 2.11 bits per heavy atom. The van der Waals surface area contributed by atoms with Crippen molar-refractivity contribution in [2.75, 3.05) is 33.0 Å². The van der Waals surface area contributed by atoms with Crippen LogP contribution in [-0.2, 0) is 33.4 Å². The Kier molecular flexibility index (Phi) is 9.82. The average Bonchev–Trinajstić information content (AvgIpc) is 2.95. The van der Waals surface area contributed by atoms with Gasteiger partial charge < -0.3 is 25.8 Å². The van der Waals surface area contributed by atoms with E-state index >= 15 is 0 Å². The van der Waals surface area contributed by atoms with E-state index in [1.807, 2.05) is 0 Å². The number of imide groups is 1. The molecule has 0 radical (unpaired) electrons. The molecule has 156 valence electrons. The number of ether oxygens (including phenoxy) is 2. The molecular weight excluding hydrogens is 372 g/mol. The van der Waals surface area contributed by atoms with Crippen LogP contribution in [0.3, 0.4) is 0 Å². The highest BCUT2D eigenvalue weighted by Gasteiger charge is 2.22. The molecule has 0 aliphatic carbocycles. The van der Waals surface area contributed by atoms with Gasteiger partial charge in [0, 0.05) is 18.6 Å². The molecule has 1 aliphatic rings. The van der Waals surface area contributed by atoms with Gasteiger partial charge in [-0.15, -0.1) is 0 Å². The highest BCUT2D eigenvalue weighted by Crippen LogP contribution is 2.02. The minimum Gasteiger partial charge on any atom is -0.379 e. The summed E-state index contributed by atoms with van der Waals surface area (Å²) < 4.78 is 10.5. The van der Waals surface area contributed by atoms with E-state index < -0.39 is 23.9 Å². The third kappa shape index (κ3) is 8.27. The van der Waals surface area contributed by atoms with Crippen LogP contribution in [0.5, 0.6) is 0 Å². The summed E-state index contributed by atoms with van der Waals surface area (Å²) in [6, 6.07) is -1.64. The molecule has 1 heterocycles. The predicted molar refractivity (Wildman–Crippen MR) is 96.5 cm³/mol. The summed E-state index contributed by atoms with van der Waals surface area (Å²) in [5, 5.41) is 4.87. The van der Waals surface area contributed by atoms with Crippen molar-refractivity contribution in [1.29, 1.82) is 0 Å². The van der Waals surface area contributed by atoms with Gasteiger partial charge in [-0.25, -0.2) is 0 Å². The highest BCUT2D eigenvalue weighted by molar-refractivity contribution is 6.12. The minimum absolute atomic E-state index is 0.0471.